The Kier molecular flexibility index (Phi) is 7.87. The van der Waals surface area contributed by atoms with Crippen molar-refractivity contribution < 1.29 is 36.7 Å². The number of hydrogen-bond donors (Lipinski definition) is 1. The lowest BCUT2D eigenvalue weighted by molar-refractivity contribution is -0.142. The summed E-state index contributed by atoms with van der Waals surface area (Å²) in [5.74, 6) is -0.403. The van der Waals surface area contributed by atoms with Crippen molar-refractivity contribution in [2.75, 3.05) is 6.61 Å². The number of halogens is 3. The van der Waals surface area contributed by atoms with Crippen LogP contribution >= 0.6 is 0 Å². The summed E-state index contributed by atoms with van der Waals surface area (Å²) < 4.78 is 57.7. The molecule has 1 aromatic heterocycles. The lowest BCUT2D eigenvalue weighted by Gasteiger charge is -2.14. The fourth-order valence-electron chi connectivity index (χ4n) is 4.16. The number of Topliss-reactive ketones (excluding diaryl/α,β-unsaturated/α-hetero) is 1. The van der Waals surface area contributed by atoms with E-state index in [0.717, 1.165) is 5.56 Å². The van der Waals surface area contributed by atoms with Crippen LogP contribution in [0.5, 0.6) is 5.75 Å². The standard InChI is InChI=1S/C29H26F3NO5/c1-3-36-27(35)13-22-8-7-20(17(2)34)12-26(22)37-15-19-10-23(21-6-4-5-18(9-21)14-33)28-24(11-19)25(16-38-28)29(30,31)32/h4-12,16H,3,13-15,33H2,1-2H3. The van der Waals surface area contributed by atoms with Crippen LogP contribution in [0.25, 0.3) is 22.1 Å². The Labute approximate surface area is 217 Å². The number of fused-ring (bicyclic) bond motifs is 1. The van der Waals surface area contributed by atoms with Gasteiger partial charge in [-0.05, 0) is 54.8 Å². The SMILES string of the molecule is CCOC(=O)Cc1ccc(C(C)=O)cc1OCc1cc(-c2cccc(CN)c2)c2occ(C(F)(F)F)c2c1. The molecule has 0 amide bonds. The van der Waals surface area contributed by atoms with E-state index in [1.165, 1.54) is 19.1 Å². The summed E-state index contributed by atoms with van der Waals surface area (Å²) in [4.78, 5) is 24.0. The van der Waals surface area contributed by atoms with Gasteiger partial charge in [0, 0.05) is 28.6 Å². The fourth-order valence-corrected chi connectivity index (χ4v) is 4.16. The molecule has 3 aromatic carbocycles. The van der Waals surface area contributed by atoms with Crippen LogP contribution in [0, 0.1) is 0 Å². The van der Waals surface area contributed by atoms with Crippen LogP contribution in [0.2, 0.25) is 0 Å². The first-order valence-electron chi connectivity index (χ1n) is 11.9. The van der Waals surface area contributed by atoms with Crippen molar-refractivity contribution in [3.05, 3.63) is 88.7 Å². The molecule has 0 radical (unpaired) electrons. The zero-order valence-electron chi connectivity index (χ0n) is 20.9. The predicted molar refractivity (Wildman–Crippen MR) is 136 cm³/mol. The van der Waals surface area contributed by atoms with Gasteiger partial charge in [-0.25, -0.2) is 0 Å². The van der Waals surface area contributed by atoms with Gasteiger partial charge in [-0.2, -0.15) is 13.2 Å². The first-order valence-corrected chi connectivity index (χ1v) is 11.9. The first-order chi connectivity index (χ1) is 18.1. The number of ether oxygens (including phenoxy) is 2. The van der Waals surface area contributed by atoms with E-state index in [2.05, 4.69) is 0 Å². The second-order valence-corrected chi connectivity index (χ2v) is 8.72. The molecule has 6 nitrogen and oxygen atoms in total. The van der Waals surface area contributed by atoms with Crippen LogP contribution in [0.3, 0.4) is 0 Å². The van der Waals surface area contributed by atoms with Crippen molar-refractivity contribution in [1.82, 2.24) is 0 Å². The molecule has 1 heterocycles. The van der Waals surface area contributed by atoms with Crippen LogP contribution in [0.4, 0.5) is 13.2 Å². The largest absolute Gasteiger partial charge is 0.489 e. The summed E-state index contributed by atoms with van der Waals surface area (Å²) >= 11 is 0. The molecule has 0 saturated carbocycles. The number of ketones is 1. The highest BCUT2D eigenvalue weighted by molar-refractivity contribution is 5.96. The van der Waals surface area contributed by atoms with E-state index in [0.29, 0.717) is 34.1 Å². The van der Waals surface area contributed by atoms with E-state index in [4.69, 9.17) is 19.6 Å². The number of carbonyl (C=O) groups is 2. The Morgan fingerprint density at radius 1 is 1.03 bits per heavy atom. The molecule has 2 N–H and O–H groups in total. The molecule has 0 saturated heterocycles. The van der Waals surface area contributed by atoms with Gasteiger partial charge < -0.3 is 19.6 Å². The van der Waals surface area contributed by atoms with Gasteiger partial charge in [-0.1, -0.05) is 30.3 Å². The number of furan rings is 1. The highest BCUT2D eigenvalue weighted by Crippen LogP contribution is 2.40. The number of rotatable bonds is 9. The monoisotopic (exact) mass is 525 g/mol. The van der Waals surface area contributed by atoms with E-state index < -0.39 is 17.7 Å². The number of hydrogen-bond acceptors (Lipinski definition) is 6. The molecule has 0 fully saturated rings. The van der Waals surface area contributed by atoms with Gasteiger partial charge in [-0.3, -0.25) is 9.59 Å². The van der Waals surface area contributed by atoms with Crippen LogP contribution in [-0.4, -0.2) is 18.4 Å². The van der Waals surface area contributed by atoms with E-state index in [1.54, 1.807) is 43.3 Å². The van der Waals surface area contributed by atoms with Crippen molar-refractivity contribution >= 4 is 22.7 Å². The quantitative estimate of drug-likeness (QED) is 0.199. The molecule has 0 aliphatic rings. The smallest absolute Gasteiger partial charge is 0.420 e. The Morgan fingerprint density at radius 3 is 2.50 bits per heavy atom. The summed E-state index contributed by atoms with van der Waals surface area (Å²) in [6.07, 6.45) is -4.00. The minimum Gasteiger partial charge on any atom is -0.489 e. The Balaban J connectivity index is 1.77. The molecule has 0 atom stereocenters. The van der Waals surface area contributed by atoms with Crippen LogP contribution in [0.15, 0.2) is 65.3 Å². The maximum atomic E-state index is 13.8. The molecule has 0 spiro atoms. The van der Waals surface area contributed by atoms with Crippen LogP contribution < -0.4 is 10.5 Å². The van der Waals surface area contributed by atoms with Gasteiger partial charge >= 0.3 is 12.1 Å². The zero-order chi connectivity index (χ0) is 27.4. The lowest BCUT2D eigenvalue weighted by Crippen LogP contribution is -2.10. The number of esters is 1. The molecule has 0 bridgehead atoms. The normalized spacial score (nSPS) is 11.5. The first kappa shape index (κ1) is 26.9. The van der Waals surface area contributed by atoms with E-state index in [9.17, 15) is 22.8 Å². The van der Waals surface area contributed by atoms with Crippen LogP contribution in [0.1, 0.15) is 46.5 Å². The van der Waals surface area contributed by atoms with E-state index >= 15 is 0 Å². The zero-order valence-corrected chi connectivity index (χ0v) is 20.9. The second kappa shape index (κ2) is 11.1. The van der Waals surface area contributed by atoms with Crippen molar-refractivity contribution in [3.8, 4) is 16.9 Å². The molecule has 198 valence electrons. The molecule has 0 unspecified atom stereocenters. The summed E-state index contributed by atoms with van der Waals surface area (Å²) in [5.41, 5.74) is 8.17. The summed E-state index contributed by atoms with van der Waals surface area (Å²) in [6, 6.07) is 14.9. The highest BCUT2D eigenvalue weighted by Gasteiger charge is 2.35. The number of alkyl halides is 3. The summed E-state index contributed by atoms with van der Waals surface area (Å²) in [7, 11) is 0. The molecule has 0 aliphatic carbocycles. The van der Waals surface area contributed by atoms with E-state index in [1.807, 2.05) is 6.07 Å². The van der Waals surface area contributed by atoms with Crippen LogP contribution in [-0.2, 0) is 35.3 Å². The van der Waals surface area contributed by atoms with Gasteiger partial charge in [0.15, 0.2) is 5.78 Å². The van der Waals surface area contributed by atoms with E-state index in [-0.39, 0.29) is 48.7 Å². The lowest BCUT2D eigenvalue weighted by atomic mass is 9.97. The van der Waals surface area contributed by atoms with Crippen molar-refractivity contribution in [3.63, 3.8) is 0 Å². The fraction of sp³-hybridized carbons (Fsp3) is 0.241. The number of nitrogens with two attached hydrogens (primary N) is 1. The Hall–Kier alpha value is -4.11. The average Bonchev–Trinajstić information content (AvgIpc) is 3.32. The average molecular weight is 526 g/mol. The molecule has 9 heteroatoms. The van der Waals surface area contributed by atoms with Gasteiger partial charge in [0.2, 0.25) is 0 Å². The minimum absolute atomic E-state index is 0.0858. The maximum absolute atomic E-state index is 13.8. The molecular formula is C29H26F3NO5. The molecule has 4 rings (SSSR count). The molecular weight excluding hydrogens is 499 g/mol. The topological polar surface area (TPSA) is 91.8 Å². The molecule has 38 heavy (non-hydrogen) atoms. The third-order valence-corrected chi connectivity index (χ3v) is 6.02. The van der Waals surface area contributed by atoms with Gasteiger partial charge in [0.05, 0.1) is 13.0 Å². The van der Waals surface area contributed by atoms with Crippen molar-refractivity contribution in [2.24, 2.45) is 5.73 Å². The Bertz CT molecular complexity index is 1490. The third-order valence-electron chi connectivity index (χ3n) is 6.02. The number of benzene rings is 3. The number of carbonyl (C=O) groups excluding carboxylic acids is 2. The Morgan fingerprint density at radius 2 is 1.82 bits per heavy atom. The predicted octanol–water partition coefficient (Wildman–Crippen LogP) is 6.46. The second-order valence-electron chi connectivity index (χ2n) is 8.72. The van der Waals surface area contributed by atoms with Gasteiger partial charge in [0.1, 0.15) is 29.8 Å². The minimum atomic E-state index is -4.62. The molecule has 0 aliphatic heterocycles. The van der Waals surface area contributed by atoms with Crippen molar-refractivity contribution in [2.45, 2.75) is 39.6 Å². The van der Waals surface area contributed by atoms with Gasteiger partial charge in [-0.15, -0.1) is 0 Å². The summed E-state index contributed by atoms with van der Waals surface area (Å²) in [6.45, 7) is 3.44. The third kappa shape index (κ3) is 5.89. The van der Waals surface area contributed by atoms with Gasteiger partial charge in [0.25, 0.3) is 0 Å². The summed E-state index contributed by atoms with van der Waals surface area (Å²) in [5, 5.41) is -0.101. The maximum Gasteiger partial charge on any atom is 0.420 e. The highest BCUT2D eigenvalue weighted by atomic mass is 19.4. The molecule has 4 aromatic rings. The van der Waals surface area contributed by atoms with Crippen molar-refractivity contribution in [1.29, 1.82) is 0 Å².